The van der Waals surface area contributed by atoms with Crippen LogP contribution in [0.25, 0.3) is 0 Å². The van der Waals surface area contributed by atoms with Crippen LogP contribution in [0.4, 0.5) is 0 Å². The average Bonchev–Trinajstić information content (AvgIpc) is 2.87. The van der Waals surface area contributed by atoms with Gasteiger partial charge >= 0.3 is 5.97 Å². The second-order valence-corrected chi connectivity index (χ2v) is 5.81. The summed E-state index contributed by atoms with van der Waals surface area (Å²) in [6.45, 7) is 2.44. The van der Waals surface area contributed by atoms with E-state index in [2.05, 4.69) is 0 Å². The molecule has 1 N–H and O–H groups in total. The largest absolute Gasteiger partial charge is 0.481 e. The number of benzene rings is 1. The van der Waals surface area contributed by atoms with Gasteiger partial charge in [-0.3, -0.25) is 9.59 Å². The number of carboxylic acid groups (broad SMARTS) is 1. The first kappa shape index (κ1) is 15.8. The van der Waals surface area contributed by atoms with Crippen molar-refractivity contribution in [2.24, 2.45) is 5.41 Å². The summed E-state index contributed by atoms with van der Waals surface area (Å²) < 4.78 is 5.03. The summed E-state index contributed by atoms with van der Waals surface area (Å²) in [6, 6.07) is 5.16. The Kier molecular flexibility index (Phi) is 4.54. The summed E-state index contributed by atoms with van der Waals surface area (Å²) in [5.41, 5.74) is 0.210. The third-order valence-electron chi connectivity index (χ3n) is 4.01. The molecule has 1 saturated heterocycles. The number of amides is 1. The predicted molar refractivity (Wildman–Crippen MR) is 78.7 cm³/mol. The molecular weight excluding hydrogens is 294 g/mol. The van der Waals surface area contributed by atoms with Gasteiger partial charge in [0, 0.05) is 30.8 Å². The van der Waals surface area contributed by atoms with E-state index in [0.717, 1.165) is 0 Å². The summed E-state index contributed by atoms with van der Waals surface area (Å²) in [4.78, 5) is 25.6. The van der Waals surface area contributed by atoms with E-state index < -0.39 is 11.4 Å². The van der Waals surface area contributed by atoms with E-state index in [4.69, 9.17) is 16.3 Å². The molecular formula is C15H18ClNO4. The van der Waals surface area contributed by atoms with Gasteiger partial charge in [0.25, 0.3) is 5.91 Å². The number of carboxylic acids is 1. The smallest absolute Gasteiger partial charge is 0.313 e. The molecule has 1 fully saturated rings. The first-order valence-electron chi connectivity index (χ1n) is 6.68. The molecule has 1 aromatic rings. The normalized spacial score (nSPS) is 21.6. The van der Waals surface area contributed by atoms with E-state index in [1.54, 1.807) is 30.0 Å². The van der Waals surface area contributed by atoms with Crippen LogP contribution in [0.15, 0.2) is 18.2 Å². The molecule has 1 amide bonds. The molecule has 21 heavy (non-hydrogen) atoms. The highest BCUT2D eigenvalue weighted by atomic mass is 35.5. The van der Waals surface area contributed by atoms with Crippen molar-refractivity contribution in [2.45, 2.75) is 13.3 Å². The molecule has 0 saturated carbocycles. The molecule has 0 bridgehead atoms. The fourth-order valence-electron chi connectivity index (χ4n) is 2.69. The quantitative estimate of drug-likeness (QED) is 0.926. The van der Waals surface area contributed by atoms with Gasteiger partial charge in [-0.05, 0) is 31.0 Å². The Balaban J connectivity index is 2.23. The predicted octanol–water partition coefficient (Wildman–Crippen LogP) is 2.21. The van der Waals surface area contributed by atoms with E-state index in [9.17, 15) is 14.7 Å². The van der Waals surface area contributed by atoms with Crippen molar-refractivity contribution < 1.29 is 19.4 Å². The molecule has 5 nitrogen and oxygen atoms in total. The molecule has 6 heteroatoms. The zero-order valence-corrected chi connectivity index (χ0v) is 12.8. The van der Waals surface area contributed by atoms with Crippen molar-refractivity contribution in [1.29, 1.82) is 0 Å². The van der Waals surface area contributed by atoms with Crippen LogP contribution in [-0.2, 0) is 9.53 Å². The van der Waals surface area contributed by atoms with Crippen molar-refractivity contribution in [2.75, 3.05) is 26.8 Å². The molecule has 1 aliphatic rings. The highest BCUT2D eigenvalue weighted by Crippen LogP contribution is 2.33. The minimum atomic E-state index is -1.02. The molecule has 114 valence electrons. The standard InChI is InChI=1S/C15H18ClNO4/c1-10-11(4-3-5-12(10)16)13(18)17-7-6-15(8-17,9-21-2)14(19)20/h3-5H,6-9H2,1-2H3,(H,19,20). The van der Waals surface area contributed by atoms with Crippen LogP contribution in [0.2, 0.25) is 5.02 Å². The molecule has 0 spiro atoms. The minimum Gasteiger partial charge on any atom is -0.481 e. The fraction of sp³-hybridized carbons (Fsp3) is 0.467. The molecule has 0 radical (unpaired) electrons. The number of rotatable bonds is 4. The Morgan fingerprint density at radius 3 is 2.81 bits per heavy atom. The first-order valence-corrected chi connectivity index (χ1v) is 7.06. The molecule has 0 aromatic heterocycles. The monoisotopic (exact) mass is 311 g/mol. The Bertz CT molecular complexity index is 575. The van der Waals surface area contributed by atoms with Crippen LogP contribution in [-0.4, -0.2) is 48.7 Å². The van der Waals surface area contributed by atoms with E-state index in [1.807, 2.05) is 0 Å². The molecule has 1 aromatic carbocycles. The lowest BCUT2D eigenvalue weighted by atomic mass is 9.88. The van der Waals surface area contributed by atoms with Crippen molar-refractivity contribution in [1.82, 2.24) is 4.90 Å². The van der Waals surface area contributed by atoms with Gasteiger partial charge in [-0.15, -0.1) is 0 Å². The van der Waals surface area contributed by atoms with Crippen LogP contribution < -0.4 is 0 Å². The van der Waals surface area contributed by atoms with Gasteiger partial charge in [0.1, 0.15) is 5.41 Å². The van der Waals surface area contributed by atoms with Gasteiger partial charge in [-0.1, -0.05) is 17.7 Å². The molecule has 1 aliphatic heterocycles. The van der Waals surface area contributed by atoms with Crippen molar-refractivity contribution in [3.63, 3.8) is 0 Å². The lowest BCUT2D eigenvalue weighted by Crippen LogP contribution is -2.40. The number of halogens is 1. The minimum absolute atomic E-state index is 0.0979. The molecule has 1 unspecified atom stereocenters. The second-order valence-electron chi connectivity index (χ2n) is 5.41. The molecule has 2 rings (SSSR count). The Morgan fingerprint density at radius 1 is 1.48 bits per heavy atom. The summed E-state index contributed by atoms with van der Waals surface area (Å²) in [5, 5.41) is 9.95. The maximum Gasteiger partial charge on any atom is 0.313 e. The SMILES string of the molecule is COCC1(C(=O)O)CCN(C(=O)c2cccc(Cl)c2C)C1. The summed E-state index contributed by atoms with van der Waals surface area (Å²) >= 11 is 6.04. The third-order valence-corrected chi connectivity index (χ3v) is 4.42. The van der Waals surface area contributed by atoms with Gasteiger partial charge in [0.05, 0.1) is 6.61 Å². The van der Waals surface area contributed by atoms with Gasteiger partial charge in [0.2, 0.25) is 0 Å². The summed E-state index contributed by atoms with van der Waals surface area (Å²) in [6.07, 6.45) is 0.390. The number of likely N-dealkylation sites (tertiary alicyclic amines) is 1. The molecule has 0 aliphatic carbocycles. The molecule has 1 atom stereocenters. The summed E-state index contributed by atoms with van der Waals surface area (Å²) in [7, 11) is 1.47. The van der Waals surface area contributed by atoms with Crippen LogP contribution in [0.5, 0.6) is 0 Å². The fourth-order valence-corrected chi connectivity index (χ4v) is 2.86. The van der Waals surface area contributed by atoms with E-state index >= 15 is 0 Å². The highest BCUT2D eigenvalue weighted by molar-refractivity contribution is 6.31. The van der Waals surface area contributed by atoms with Crippen molar-refractivity contribution in [3.8, 4) is 0 Å². The van der Waals surface area contributed by atoms with Crippen LogP contribution in [0.1, 0.15) is 22.3 Å². The number of nitrogens with zero attached hydrogens (tertiary/aromatic N) is 1. The number of hydrogen-bond acceptors (Lipinski definition) is 3. The highest BCUT2D eigenvalue weighted by Gasteiger charge is 2.46. The number of carbonyl (C=O) groups excluding carboxylic acids is 1. The second kappa shape index (κ2) is 6.03. The topological polar surface area (TPSA) is 66.8 Å². The molecule has 1 heterocycles. The van der Waals surface area contributed by atoms with Gasteiger partial charge in [-0.25, -0.2) is 0 Å². The average molecular weight is 312 g/mol. The first-order chi connectivity index (χ1) is 9.91. The van der Waals surface area contributed by atoms with Gasteiger partial charge < -0.3 is 14.7 Å². The Morgan fingerprint density at radius 2 is 2.19 bits per heavy atom. The third kappa shape index (κ3) is 2.89. The van der Waals surface area contributed by atoms with Crippen molar-refractivity contribution in [3.05, 3.63) is 34.3 Å². The Labute approximate surface area is 128 Å². The lowest BCUT2D eigenvalue weighted by Gasteiger charge is -2.24. The number of hydrogen-bond donors (Lipinski definition) is 1. The van der Waals surface area contributed by atoms with Gasteiger partial charge in [0.15, 0.2) is 0 Å². The van der Waals surface area contributed by atoms with Crippen LogP contribution >= 0.6 is 11.6 Å². The Hall–Kier alpha value is -1.59. The van der Waals surface area contributed by atoms with Gasteiger partial charge in [-0.2, -0.15) is 0 Å². The van der Waals surface area contributed by atoms with E-state index in [0.29, 0.717) is 29.1 Å². The summed E-state index contributed by atoms with van der Waals surface area (Å²) in [5.74, 6) is -1.11. The maximum atomic E-state index is 12.6. The van der Waals surface area contributed by atoms with Crippen LogP contribution in [0.3, 0.4) is 0 Å². The van der Waals surface area contributed by atoms with E-state index in [-0.39, 0.29) is 19.1 Å². The zero-order chi connectivity index (χ0) is 15.6. The maximum absolute atomic E-state index is 12.6. The number of aliphatic carboxylic acids is 1. The lowest BCUT2D eigenvalue weighted by molar-refractivity contribution is -0.151. The van der Waals surface area contributed by atoms with Crippen molar-refractivity contribution >= 4 is 23.5 Å². The number of carbonyl (C=O) groups is 2. The zero-order valence-electron chi connectivity index (χ0n) is 12.1. The van der Waals surface area contributed by atoms with E-state index in [1.165, 1.54) is 7.11 Å². The number of ether oxygens (including phenoxy) is 1. The number of methoxy groups -OCH3 is 1. The van der Waals surface area contributed by atoms with Crippen LogP contribution in [0, 0.1) is 12.3 Å².